The number of rotatable bonds is 11. The van der Waals surface area contributed by atoms with Crippen LogP contribution in [0.4, 0.5) is 9.59 Å². The largest absolute Gasteiger partial charge is 0.480 e. The van der Waals surface area contributed by atoms with E-state index in [0.29, 0.717) is 19.4 Å². The van der Waals surface area contributed by atoms with E-state index in [1.165, 1.54) is 11.0 Å². The molecular weight excluding hydrogens is 436 g/mol. The highest BCUT2D eigenvalue weighted by atomic mass is 16.6. The lowest BCUT2D eigenvalue weighted by atomic mass is 9.98. The summed E-state index contributed by atoms with van der Waals surface area (Å²) in [7, 11) is 1.61. The maximum Gasteiger partial charge on any atom is 0.409 e. The number of fused-ring (bicyclic) bond motifs is 3. The molecule has 0 fully saturated rings. The molecule has 0 saturated heterocycles. The predicted octanol–water partition coefficient (Wildman–Crippen LogP) is 4.40. The monoisotopic (exact) mass is 466 g/mol. The fourth-order valence-electron chi connectivity index (χ4n) is 4.07. The van der Waals surface area contributed by atoms with Gasteiger partial charge in [0, 0.05) is 19.5 Å². The number of carboxylic acid groups (broad SMARTS) is 1. The summed E-state index contributed by atoms with van der Waals surface area (Å²) in [5.74, 6) is -1.23. The number of aliphatic carboxylic acids is 1. The van der Waals surface area contributed by atoms with Crippen LogP contribution in [0.1, 0.15) is 36.3 Å². The summed E-state index contributed by atoms with van der Waals surface area (Å²) >= 11 is 0. The lowest BCUT2D eigenvalue weighted by Crippen LogP contribution is -2.41. The van der Waals surface area contributed by atoms with Crippen LogP contribution in [0.15, 0.2) is 61.2 Å². The zero-order chi connectivity index (χ0) is 24.5. The van der Waals surface area contributed by atoms with Crippen molar-refractivity contribution in [2.24, 2.45) is 0 Å². The maximum atomic E-state index is 12.4. The molecule has 1 aliphatic carbocycles. The number of nitrogens with zero attached hydrogens (tertiary/aromatic N) is 1. The third-order valence-corrected chi connectivity index (χ3v) is 5.81. The lowest BCUT2D eigenvalue weighted by Gasteiger charge is -2.18. The van der Waals surface area contributed by atoms with Gasteiger partial charge in [-0.15, -0.1) is 0 Å². The number of amides is 2. The summed E-state index contributed by atoms with van der Waals surface area (Å²) in [6.07, 6.45) is 1.54. The van der Waals surface area contributed by atoms with Crippen molar-refractivity contribution in [2.45, 2.75) is 31.2 Å². The number of unbranched alkanes of at least 4 members (excludes halogenated alkanes) is 1. The zero-order valence-corrected chi connectivity index (χ0v) is 19.2. The van der Waals surface area contributed by atoms with E-state index in [4.69, 9.17) is 9.47 Å². The van der Waals surface area contributed by atoms with Crippen LogP contribution < -0.4 is 5.32 Å². The van der Waals surface area contributed by atoms with Crippen LogP contribution in [0.2, 0.25) is 0 Å². The Labute approximate surface area is 199 Å². The number of ether oxygens (including phenoxy) is 2. The van der Waals surface area contributed by atoms with Crippen molar-refractivity contribution >= 4 is 18.2 Å². The molecule has 0 heterocycles. The second-order valence-electron chi connectivity index (χ2n) is 8.14. The number of carbonyl (C=O) groups excluding carboxylic acids is 2. The molecule has 0 aliphatic heterocycles. The molecule has 0 radical (unpaired) electrons. The van der Waals surface area contributed by atoms with Crippen molar-refractivity contribution in [1.82, 2.24) is 10.2 Å². The van der Waals surface area contributed by atoms with Gasteiger partial charge in [-0.3, -0.25) is 0 Å². The molecule has 3 rings (SSSR count). The molecule has 1 aliphatic rings. The van der Waals surface area contributed by atoms with Crippen molar-refractivity contribution in [3.05, 3.63) is 72.3 Å². The van der Waals surface area contributed by atoms with Crippen molar-refractivity contribution in [3.8, 4) is 11.1 Å². The Hall–Kier alpha value is -3.81. The topological polar surface area (TPSA) is 105 Å². The van der Waals surface area contributed by atoms with E-state index in [9.17, 15) is 19.5 Å². The number of alkyl carbamates (subject to hydrolysis) is 1. The molecule has 8 nitrogen and oxygen atoms in total. The van der Waals surface area contributed by atoms with Gasteiger partial charge in [-0.05, 0) is 41.5 Å². The van der Waals surface area contributed by atoms with E-state index < -0.39 is 24.2 Å². The second kappa shape index (κ2) is 11.9. The number of benzene rings is 2. The summed E-state index contributed by atoms with van der Waals surface area (Å²) in [5.41, 5.74) is 4.41. The molecule has 1 atom stereocenters. The molecule has 8 heteroatoms. The van der Waals surface area contributed by atoms with Crippen molar-refractivity contribution < 1.29 is 29.0 Å². The normalized spacial score (nSPS) is 12.7. The molecule has 0 spiro atoms. The first-order valence-corrected chi connectivity index (χ1v) is 11.3. The molecule has 0 unspecified atom stereocenters. The van der Waals surface area contributed by atoms with Gasteiger partial charge >= 0.3 is 18.2 Å². The Kier molecular flexibility index (Phi) is 8.67. The van der Waals surface area contributed by atoms with Gasteiger partial charge in [-0.25, -0.2) is 14.4 Å². The first-order valence-electron chi connectivity index (χ1n) is 11.3. The molecule has 180 valence electrons. The van der Waals surface area contributed by atoms with Gasteiger partial charge in [0.15, 0.2) is 0 Å². The van der Waals surface area contributed by atoms with Gasteiger partial charge in [0.1, 0.15) is 19.3 Å². The standard InChI is InChI=1S/C26H30N2O6/c1-3-16-33-26(32)28(2)15-9-8-14-23(24(29)30)27-25(31)34-17-22-20-12-6-4-10-18(20)19-11-5-7-13-21(19)22/h3-7,10-13,22-23H,1,8-9,14-17H2,2H3,(H,27,31)(H,29,30)/t23-/m1/s1. The maximum absolute atomic E-state index is 12.4. The predicted molar refractivity (Wildman–Crippen MR) is 128 cm³/mol. The number of carboxylic acids is 1. The van der Waals surface area contributed by atoms with Crippen molar-refractivity contribution in [1.29, 1.82) is 0 Å². The van der Waals surface area contributed by atoms with Gasteiger partial charge in [-0.1, -0.05) is 61.2 Å². The minimum atomic E-state index is -1.13. The smallest absolute Gasteiger partial charge is 0.409 e. The Bertz CT molecular complexity index is 992. The van der Waals surface area contributed by atoms with E-state index in [2.05, 4.69) is 11.9 Å². The van der Waals surface area contributed by atoms with Crippen LogP contribution in [0.25, 0.3) is 11.1 Å². The van der Waals surface area contributed by atoms with E-state index in [-0.39, 0.29) is 25.6 Å². The van der Waals surface area contributed by atoms with Crippen molar-refractivity contribution in [3.63, 3.8) is 0 Å². The van der Waals surface area contributed by atoms with E-state index in [0.717, 1.165) is 22.3 Å². The molecular formula is C26H30N2O6. The van der Waals surface area contributed by atoms with Crippen LogP contribution >= 0.6 is 0 Å². The Morgan fingerprint density at radius 2 is 1.68 bits per heavy atom. The van der Waals surface area contributed by atoms with E-state index in [1.54, 1.807) is 7.05 Å². The summed E-state index contributed by atoms with van der Waals surface area (Å²) in [6, 6.07) is 14.9. The van der Waals surface area contributed by atoms with E-state index in [1.807, 2.05) is 48.5 Å². The van der Waals surface area contributed by atoms with Gasteiger partial charge in [0.05, 0.1) is 0 Å². The Morgan fingerprint density at radius 3 is 2.26 bits per heavy atom. The quantitative estimate of drug-likeness (QED) is 0.376. The number of hydrogen-bond donors (Lipinski definition) is 2. The van der Waals surface area contributed by atoms with Gasteiger partial charge in [0.2, 0.25) is 0 Å². The highest BCUT2D eigenvalue weighted by molar-refractivity contribution is 5.81. The number of carbonyl (C=O) groups is 3. The SMILES string of the molecule is C=CCOC(=O)N(C)CCCC[C@@H](NC(=O)OCC1c2ccccc2-c2ccccc21)C(=O)O. The van der Waals surface area contributed by atoms with E-state index >= 15 is 0 Å². The average Bonchev–Trinajstić information content (AvgIpc) is 3.16. The van der Waals surface area contributed by atoms with Crippen molar-refractivity contribution in [2.75, 3.05) is 26.8 Å². The van der Waals surface area contributed by atoms with Crippen LogP contribution in [0.5, 0.6) is 0 Å². The molecule has 2 N–H and O–H groups in total. The summed E-state index contributed by atoms with van der Waals surface area (Å²) < 4.78 is 10.4. The molecule has 34 heavy (non-hydrogen) atoms. The first kappa shape index (κ1) is 24.8. The van der Waals surface area contributed by atoms with Crippen LogP contribution in [-0.4, -0.2) is 61.0 Å². The molecule has 2 amide bonds. The second-order valence-corrected chi connectivity index (χ2v) is 8.14. The fourth-order valence-corrected chi connectivity index (χ4v) is 4.07. The minimum Gasteiger partial charge on any atom is -0.480 e. The average molecular weight is 467 g/mol. The minimum absolute atomic E-state index is 0.0992. The van der Waals surface area contributed by atoms with Crippen LogP contribution in [0, 0.1) is 0 Å². The molecule has 0 bridgehead atoms. The molecule has 2 aromatic carbocycles. The lowest BCUT2D eigenvalue weighted by molar-refractivity contribution is -0.139. The molecule has 0 saturated carbocycles. The molecule has 0 aromatic heterocycles. The first-order chi connectivity index (χ1) is 16.4. The molecule has 2 aromatic rings. The zero-order valence-electron chi connectivity index (χ0n) is 19.2. The van der Waals surface area contributed by atoms with Gasteiger partial charge < -0.3 is 24.8 Å². The highest BCUT2D eigenvalue weighted by Crippen LogP contribution is 2.44. The van der Waals surface area contributed by atoms with Gasteiger partial charge in [0.25, 0.3) is 0 Å². The third-order valence-electron chi connectivity index (χ3n) is 5.81. The van der Waals surface area contributed by atoms with Gasteiger partial charge in [-0.2, -0.15) is 0 Å². The van der Waals surface area contributed by atoms with Crippen LogP contribution in [-0.2, 0) is 14.3 Å². The Balaban J connectivity index is 1.48. The number of nitrogens with one attached hydrogen (secondary N) is 1. The third kappa shape index (κ3) is 6.15. The Morgan fingerprint density at radius 1 is 1.06 bits per heavy atom. The fraction of sp³-hybridized carbons (Fsp3) is 0.346. The van der Waals surface area contributed by atoms with Crippen LogP contribution in [0.3, 0.4) is 0 Å². The summed E-state index contributed by atoms with van der Waals surface area (Å²) in [6.45, 7) is 4.14. The summed E-state index contributed by atoms with van der Waals surface area (Å²) in [4.78, 5) is 37.1. The summed E-state index contributed by atoms with van der Waals surface area (Å²) in [5, 5.41) is 11.9. The highest BCUT2D eigenvalue weighted by Gasteiger charge is 2.29. The number of hydrogen-bond acceptors (Lipinski definition) is 5.